The van der Waals surface area contributed by atoms with Crippen LogP contribution in [0.4, 0.5) is 26.3 Å². The smallest absolute Gasteiger partial charge is 0.471 e. The van der Waals surface area contributed by atoms with Gasteiger partial charge in [-0.25, -0.2) is 0 Å². The van der Waals surface area contributed by atoms with Gasteiger partial charge in [0.25, 0.3) is 0 Å². The third-order valence-electron chi connectivity index (χ3n) is 7.62. The number of aliphatic imine (C=N–C) groups is 1. The largest absolute Gasteiger partial charge is 0.508 e. The molecule has 25 heteroatoms. The van der Waals surface area contributed by atoms with E-state index in [0.29, 0.717) is 5.56 Å². The highest BCUT2D eigenvalue weighted by atomic mass is 19.4. The van der Waals surface area contributed by atoms with Gasteiger partial charge in [-0.3, -0.25) is 48.7 Å². The Labute approximate surface area is 313 Å². The molecule has 1 aromatic rings. The summed E-state index contributed by atoms with van der Waals surface area (Å²) in [4.78, 5) is 104. The predicted molar refractivity (Wildman–Crippen MR) is 178 cm³/mol. The van der Waals surface area contributed by atoms with Crippen molar-refractivity contribution < 1.29 is 74.9 Å². The van der Waals surface area contributed by atoms with Gasteiger partial charge in [0.1, 0.15) is 29.9 Å². The molecule has 0 radical (unpaired) electrons. The van der Waals surface area contributed by atoms with Crippen LogP contribution >= 0.6 is 0 Å². The molecule has 0 bridgehead atoms. The lowest BCUT2D eigenvalue weighted by molar-refractivity contribution is -0.173. The van der Waals surface area contributed by atoms with Crippen molar-refractivity contribution in [1.82, 2.24) is 37.2 Å². The van der Waals surface area contributed by atoms with E-state index in [1.807, 2.05) is 0 Å². The van der Waals surface area contributed by atoms with Gasteiger partial charge in [0.2, 0.25) is 29.5 Å². The number of carbonyl (C=O) groups excluding carboxylic acids is 7. The lowest BCUT2D eigenvalue weighted by Gasteiger charge is -2.26. The second-order valence-corrected chi connectivity index (χ2v) is 12.1. The molecule has 0 saturated carbocycles. The molecule has 0 spiro atoms. The Kier molecular flexibility index (Phi) is 17.3. The number of unbranched alkanes of at least 4 members (excludes halogenated alkanes) is 1. The number of halogens is 6. The first kappa shape index (κ1) is 46.0. The zero-order valence-corrected chi connectivity index (χ0v) is 29.1. The van der Waals surface area contributed by atoms with Gasteiger partial charge >= 0.3 is 30.1 Å². The Hall–Kier alpha value is -6.17. The standard InChI is InChI=1S/C31H39F6N9O10/c32-30(33,34)27(55)39-10-2-1-4-18-24(52)43-17(5-3-11-40-29(38)46-28(56)31(35,36)37)23(51)41-14-21(48)42-20(13-22(49)50)26(54)45-19(25(53)44-18)12-15-6-8-16(47)9-7-15/h6-9,17-20,47H,1-5,10-14H2,(H,39,55)(H,41,51)(H,42,48)(H,43,52)(H,44,53)(H,45,54)(H,49,50)(H3,38,40,46,56). The van der Waals surface area contributed by atoms with Crippen molar-refractivity contribution in [1.29, 1.82) is 0 Å². The number of carboxylic acid groups (broad SMARTS) is 1. The summed E-state index contributed by atoms with van der Waals surface area (Å²) < 4.78 is 75.3. The molecule has 1 heterocycles. The number of alkyl halides is 6. The summed E-state index contributed by atoms with van der Waals surface area (Å²) in [5.74, 6) is -12.7. The van der Waals surface area contributed by atoms with E-state index in [1.54, 1.807) is 5.32 Å². The molecule has 0 aromatic heterocycles. The molecule has 4 unspecified atom stereocenters. The van der Waals surface area contributed by atoms with Gasteiger partial charge in [-0.15, -0.1) is 0 Å². The quantitative estimate of drug-likeness (QED) is 0.0454. The fraction of sp³-hybridized carbons (Fsp3) is 0.516. The van der Waals surface area contributed by atoms with Crippen LogP contribution in [0.5, 0.6) is 5.75 Å². The maximum absolute atomic E-state index is 13.7. The molecule has 1 aromatic carbocycles. The normalized spacial score (nSPS) is 20.5. The number of guanidine groups is 1. The molecule has 1 aliphatic rings. The summed E-state index contributed by atoms with van der Waals surface area (Å²) in [6, 6.07) is -1.25. The second kappa shape index (κ2) is 21.1. The lowest BCUT2D eigenvalue weighted by atomic mass is 10.0. The lowest BCUT2D eigenvalue weighted by Crippen LogP contribution is -2.58. The van der Waals surface area contributed by atoms with Crippen LogP contribution in [0, 0.1) is 0 Å². The number of carboxylic acids is 1. The number of carbonyl (C=O) groups is 8. The van der Waals surface area contributed by atoms with Crippen molar-refractivity contribution in [2.75, 3.05) is 19.6 Å². The highest BCUT2D eigenvalue weighted by Crippen LogP contribution is 2.16. The minimum Gasteiger partial charge on any atom is -0.508 e. The molecule has 11 N–H and O–H groups in total. The number of hydrogen-bond donors (Lipinski definition) is 10. The maximum Gasteiger partial charge on any atom is 0.471 e. The first-order valence-electron chi connectivity index (χ1n) is 16.6. The number of amides is 7. The van der Waals surface area contributed by atoms with Gasteiger partial charge in [-0.1, -0.05) is 12.1 Å². The monoisotopic (exact) mass is 811 g/mol. The van der Waals surface area contributed by atoms with E-state index in [-0.39, 0.29) is 44.3 Å². The van der Waals surface area contributed by atoms with Crippen molar-refractivity contribution in [3.05, 3.63) is 29.8 Å². The van der Waals surface area contributed by atoms with Crippen LogP contribution in [0.1, 0.15) is 44.1 Å². The van der Waals surface area contributed by atoms with Gasteiger partial charge in [-0.05, 0) is 49.8 Å². The average Bonchev–Trinajstić information content (AvgIpc) is 3.09. The van der Waals surface area contributed by atoms with E-state index in [1.165, 1.54) is 29.6 Å². The third-order valence-corrected chi connectivity index (χ3v) is 7.62. The summed E-state index contributed by atoms with van der Waals surface area (Å²) >= 11 is 0. The first-order valence-corrected chi connectivity index (χ1v) is 16.6. The highest BCUT2D eigenvalue weighted by Gasteiger charge is 2.40. The highest BCUT2D eigenvalue weighted by molar-refractivity contribution is 5.99. The number of nitrogens with two attached hydrogens (primary N) is 1. The molecule has 0 aliphatic carbocycles. The summed E-state index contributed by atoms with van der Waals surface area (Å²) in [6.07, 6.45) is -12.9. The van der Waals surface area contributed by atoms with Crippen LogP contribution in [0.15, 0.2) is 29.3 Å². The molecular weight excluding hydrogens is 772 g/mol. The van der Waals surface area contributed by atoms with E-state index >= 15 is 0 Å². The van der Waals surface area contributed by atoms with Gasteiger partial charge < -0.3 is 47.8 Å². The zero-order valence-electron chi connectivity index (χ0n) is 29.1. The van der Waals surface area contributed by atoms with Crippen molar-refractivity contribution in [3.8, 4) is 5.75 Å². The molecular formula is C31H39F6N9O10. The summed E-state index contributed by atoms with van der Waals surface area (Å²) in [7, 11) is 0. The van der Waals surface area contributed by atoms with Crippen LogP contribution in [0.2, 0.25) is 0 Å². The van der Waals surface area contributed by atoms with Gasteiger partial charge in [0.05, 0.1) is 13.0 Å². The number of benzene rings is 1. The molecule has 1 saturated heterocycles. The van der Waals surface area contributed by atoms with E-state index in [0.717, 1.165) is 0 Å². The number of phenols is 1. The average molecular weight is 812 g/mol. The first-order chi connectivity index (χ1) is 26.1. The van der Waals surface area contributed by atoms with Crippen LogP contribution in [-0.4, -0.2) is 120 Å². The van der Waals surface area contributed by atoms with Crippen molar-refractivity contribution in [3.63, 3.8) is 0 Å². The molecule has 19 nitrogen and oxygen atoms in total. The Bertz CT molecular complexity index is 1640. The van der Waals surface area contributed by atoms with Crippen LogP contribution in [0.3, 0.4) is 0 Å². The molecule has 2 rings (SSSR count). The third kappa shape index (κ3) is 16.5. The summed E-state index contributed by atoms with van der Waals surface area (Å²) in [5.41, 5.74) is 5.64. The molecule has 310 valence electrons. The SMILES string of the molecule is NC(=NCCCC1NC(=O)C(CCCCNC(=O)C(F)(F)F)NC(=O)C(Cc2ccc(O)cc2)NC(=O)C(CC(=O)O)NC(=O)CNC1=O)NC(=O)C(F)(F)F. The Morgan fingerprint density at radius 1 is 0.750 bits per heavy atom. The Morgan fingerprint density at radius 3 is 1.88 bits per heavy atom. The van der Waals surface area contributed by atoms with Crippen molar-refractivity contribution in [2.45, 2.75) is 81.5 Å². The van der Waals surface area contributed by atoms with E-state index in [9.17, 15) is 74.9 Å². The van der Waals surface area contributed by atoms with Gasteiger partial charge in [0, 0.05) is 19.5 Å². The molecule has 7 amide bonds. The number of aromatic hydroxyl groups is 1. The van der Waals surface area contributed by atoms with Gasteiger partial charge in [0.15, 0.2) is 5.96 Å². The Balaban J connectivity index is 2.43. The van der Waals surface area contributed by atoms with Crippen LogP contribution in [0.25, 0.3) is 0 Å². The predicted octanol–water partition coefficient (Wildman–Crippen LogP) is -1.90. The molecule has 56 heavy (non-hydrogen) atoms. The fourth-order valence-corrected chi connectivity index (χ4v) is 4.85. The summed E-state index contributed by atoms with van der Waals surface area (Å²) in [5, 5.41) is 33.4. The molecule has 1 aliphatic heterocycles. The fourth-order valence-electron chi connectivity index (χ4n) is 4.85. The number of nitrogens with one attached hydrogen (secondary N) is 7. The topological polar surface area (TPSA) is 300 Å². The number of hydrogen-bond acceptors (Lipinski definition) is 10. The van der Waals surface area contributed by atoms with Crippen LogP contribution < -0.4 is 43.0 Å². The van der Waals surface area contributed by atoms with Crippen molar-refractivity contribution in [2.24, 2.45) is 10.7 Å². The Morgan fingerprint density at radius 2 is 1.29 bits per heavy atom. The summed E-state index contributed by atoms with van der Waals surface area (Å²) in [6.45, 7) is -1.77. The van der Waals surface area contributed by atoms with E-state index < -0.39 is 116 Å². The number of aliphatic carboxylic acids is 1. The maximum atomic E-state index is 13.7. The van der Waals surface area contributed by atoms with Gasteiger partial charge in [-0.2, -0.15) is 26.3 Å². The van der Waals surface area contributed by atoms with E-state index in [4.69, 9.17) is 5.73 Å². The number of phenolic OH excluding ortho intramolecular Hbond substituents is 1. The molecule has 4 atom stereocenters. The van der Waals surface area contributed by atoms with Crippen LogP contribution in [-0.2, 0) is 44.8 Å². The minimum absolute atomic E-state index is 0.112. The number of nitrogens with zero attached hydrogens (tertiary/aromatic N) is 1. The minimum atomic E-state index is -5.27. The van der Waals surface area contributed by atoms with E-state index in [2.05, 4.69) is 31.6 Å². The second-order valence-electron chi connectivity index (χ2n) is 12.1. The zero-order chi connectivity index (χ0) is 42.2. The van der Waals surface area contributed by atoms with Crippen molar-refractivity contribution >= 4 is 53.3 Å². The number of rotatable bonds is 13. The molecule has 1 fully saturated rings.